The lowest BCUT2D eigenvalue weighted by Crippen LogP contribution is -2.52. The number of aliphatic hydroxyl groups excluding tert-OH is 5. The van der Waals surface area contributed by atoms with E-state index in [-0.39, 0.29) is 13.0 Å². The first-order chi connectivity index (χ1) is 10.4. The fourth-order valence-electron chi connectivity index (χ4n) is 2.17. The zero-order valence-electron chi connectivity index (χ0n) is 13.3. The van der Waals surface area contributed by atoms with Gasteiger partial charge in [-0.2, -0.15) is 0 Å². The third-order valence-corrected chi connectivity index (χ3v) is 3.77. The summed E-state index contributed by atoms with van der Waals surface area (Å²) in [5.41, 5.74) is 5.13. The number of unbranched alkanes of at least 4 members (excludes halogenated alkanes) is 5. The quantitative estimate of drug-likeness (QED) is 0.240. The summed E-state index contributed by atoms with van der Waals surface area (Å²) in [7, 11) is 0. The maximum atomic E-state index is 11.7. The Morgan fingerprint density at radius 3 is 1.95 bits per heavy atom. The summed E-state index contributed by atoms with van der Waals surface area (Å²) in [6.45, 7) is 1.80. The van der Waals surface area contributed by atoms with Gasteiger partial charge in [0.1, 0.15) is 24.4 Å². The molecule has 0 heterocycles. The van der Waals surface area contributed by atoms with Gasteiger partial charge in [-0.25, -0.2) is 0 Å². The largest absolute Gasteiger partial charge is 0.389 e. The monoisotopic (exact) mass is 321 g/mol. The van der Waals surface area contributed by atoms with Gasteiger partial charge in [0.25, 0.3) is 0 Å². The van der Waals surface area contributed by atoms with Crippen molar-refractivity contribution in [1.82, 2.24) is 0 Å². The number of hydrogen-bond acceptors (Lipinski definition) is 7. The molecule has 5 unspecified atom stereocenters. The Bertz CT molecular complexity index is 302. The van der Waals surface area contributed by atoms with Crippen molar-refractivity contribution >= 4 is 5.78 Å². The van der Waals surface area contributed by atoms with Crippen LogP contribution < -0.4 is 5.73 Å². The van der Waals surface area contributed by atoms with Gasteiger partial charge in [-0.1, -0.05) is 39.0 Å². The average molecular weight is 321 g/mol. The van der Waals surface area contributed by atoms with Gasteiger partial charge < -0.3 is 31.3 Å². The fraction of sp³-hybridized carbons (Fsp3) is 0.933. The Balaban J connectivity index is 4.15. The van der Waals surface area contributed by atoms with Crippen molar-refractivity contribution in [1.29, 1.82) is 0 Å². The summed E-state index contributed by atoms with van der Waals surface area (Å²) in [5, 5.41) is 47.9. The summed E-state index contributed by atoms with van der Waals surface area (Å²) >= 11 is 0. The number of nitrogens with two attached hydrogens (primary N) is 1. The van der Waals surface area contributed by atoms with E-state index in [1.165, 1.54) is 0 Å². The van der Waals surface area contributed by atoms with E-state index in [1.54, 1.807) is 0 Å². The molecule has 7 N–H and O–H groups in total. The van der Waals surface area contributed by atoms with Gasteiger partial charge in [0, 0.05) is 13.0 Å². The normalized spacial score (nSPS) is 18.5. The molecule has 0 aliphatic heterocycles. The molecule has 132 valence electrons. The third-order valence-electron chi connectivity index (χ3n) is 3.77. The summed E-state index contributed by atoms with van der Waals surface area (Å²) in [6, 6.07) is 0. The topological polar surface area (TPSA) is 144 Å². The Labute approximate surface area is 131 Å². The van der Waals surface area contributed by atoms with Gasteiger partial charge in [-0.05, 0) is 6.42 Å². The second-order valence-electron chi connectivity index (χ2n) is 5.70. The molecule has 0 spiro atoms. The molecule has 0 saturated carbocycles. The molecule has 5 atom stereocenters. The molecule has 0 radical (unpaired) electrons. The summed E-state index contributed by atoms with van der Waals surface area (Å²) < 4.78 is 0. The molecular weight excluding hydrogens is 290 g/mol. The van der Waals surface area contributed by atoms with Crippen LogP contribution in [0.4, 0.5) is 0 Å². The van der Waals surface area contributed by atoms with Crippen molar-refractivity contribution in [2.45, 2.75) is 82.4 Å². The number of aliphatic hydroxyl groups is 5. The predicted octanol–water partition coefficient (Wildman–Crippen LogP) is -0.931. The molecule has 0 aliphatic rings. The van der Waals surface area contributed by atoms with Crippen LogP contribution in [0.1, 0.15) is 51.9 Å². The van der Waals surface area contributed by atoms with E-state index in [1.807, 2.05) is 0 Å². The number of Topliss-reactive ketones (excluding diaryl/α,β-unsaturated/α-hetero) is 1. The van der Waals surface area contributed by atoms with E-state index in [0.717, 1.165) is 32.1 Å². The molecule has 0 aromatic carbocycles. The molecule has 0 rings (SSSR count). The number of ketones is 1. The van der Waals surface area contributed by atoms with Gasteiger partial charge in [-0.3, -0.25) is 4.79 Å². The number of hydrogen-bond donors (Lipinski definition) is 6. The SMILES string of the molecule is CCCCCCCCC(=O)C(O)C(O)C(O)C(O)C(O)CN. The smallest absolute Gasteiger partial charge is 0.164 e. The maximum absolute atomic E-state index is 11.7. The second-order valence-corrected chi connectivity index (χ2v) is 5.70. The Morgan fingerprint density at radius 2 is 1.41 bits per heavy atom. The lowest BCUT2D eigenvalue weighted by Gasteiger charge is -2.28. The van der Waals surface area contributed by atoms with Crippen molar-refractivity contribution in [2.24, 2.45) is 5.73 Å². The maximum Gasteiger partial charge on any atom is 0.164 e. The second kappa shape index (κ2) is 11.9. The highest BCUT2D eigenvalue weighted by Gasteiger charge is 2.36. The minimum absolute atomic E-state index is 0.104. The third kappa shape index (κ3) is 7.62. The standard InChI is InChI=1S/C15H31NO6/c1-2-3-4-5-6-7-8-10(17)12(19)14(21)15(22)13(20)11(18)9-16/h11-15,18-22H,2-9,16H2,1H3. The summed E-state index contributed by atoms with van der Waals surface area (Å²) in [6.07, 6.45) is -2.66. The van der Waals surface area contributed by atoms with Crippen LogP contribution in [-0.2, 0) is 4.79 Å². The van der Waals surface area contributed by atoms with Crippen LogP contribution in [0.3, 0.4) is 0 Å². The highest BCUT2D eigenvalue weighted by molar-refractivity contribution is 5.83. The molecule has 0 aromatic heterocycles. The molecule has 7 heteroatoms. The molecule has 0 bridgehead atoms. The first kappa shape index (κ1) is 21.4. The summed E-state index contributed by atoms with van der Waals surface area (Å²) in [4.78, 5) is 11.7. The zero-order valence-corrected chi connectivity index (χ0v) is 13.3. The van der Waals surface area contributed by atoms with Gasteiger partial charge in [0.2, 0.25) is 0 Å². The average Bonchev–Trinajstić information content (AvgIpc) is 2.54. The highest BCUT2D eigenvalue weighted by Crippen LogP contribution is 2.13. The Hall–Kier alpha value is -0.570. The molecule has 0 saturated heterocycles. The van der Waals surface area contributed by atoms with Gasteiger partial charge >= 0.3 is 0 Å². The number of carbonyl (C=O) groups excluding carboxylic acids is 1. The molecule has 0 fully saturated rings. The van der Waals surface area contributed by atoms with E-state index in [0.29, 0.717) is 6.42 Å². The Morgan fingerprint density at radius 1 is 0.864 bits per heavy atom. The lowest BCUT2D eigenvalue weighted by molar-refractivity contribution is -0.152. The molecule has 0 aromatic rings. The molecule has 22 heavy (non-hydrogen) atoms. The predicted molar refractivity (Wildman–Crippen MR) is 82.1 cm³/mol. The first-order valence-corrected chi connectivity index (χ1v) is 7.99. The van der Waals surface area contributed by atoms with E-state index in [2.05, 4.69) is 6.92 Å². The molecule has 7 nitrogen and oxygen atoms in total. The Kier molecular flexibility index (Phi) is 11.6. The molecule has 0 aliphatic carbocycles. The van der Waals surface area contributed by atoms with Crippen molar-refractivity contribution in [3.63, 3.8) is 0 Å². The summed E-state index contributed by atoms with van der Waals surface area (Å²) in [5.74, 6) is -0.587. The number of rotatable bonds is 13. The van der Waals surface area contributed by atoms with Gasteiger partial charge in [0.05, 0.1) is 6.10 Å². The van der Waals surface area contributed by atoms with E-state index < -0.39 is 36.3 Å². The van der Waals surface area contributed by atoms with E-state index in [9.17, 15) is 30.3 Å². The fourth-order valence-corrected chi connectivity index (χ4v) is 2.17. The minimum Gasteiger partial charge on any atom is -0.389 e. The van der Waals surface area contributed by atoms with Crippen LogP contribution in [0.5, 0.6) is 0 Å². The van der Waals surface area contributed by atoms with Crippen molar-refractivity contribution in [3.05, 3.63) is 0 Å². The first-order valence-electron chi connectivity index (χ1n) is 7.99. The van der Waals surface area contributed by atoms with E-state index >= 15 is 0 Å². The van der Waals surface area contributed by atoms with Crippen LogP contribution in [0, 0.1) is 0 Å². The molecular formula is C15H31NO6. The highest BCUT2D eigenvalue weighted by atomic mass is 16.4. The van der Waals surface area contributed by atoms with Crippen molar-refractivity contribution in [2.75, 3.05) is 6.54 Å². The minimum atomic E-state index is -1.86. The van der Waals surface area contributed by atoms with Crippen LogP contribution in [0.25, 0.3) is 0 Å². The van der Waals surface area contributed by atoms with Crippen LogP contribution in [-0.4, -0.2) is 68.4 Å². The van der Waals surface area contributed by atoms with Gasteiger partial charge in [-0.15, -0.1) is 0 Å². The number of carbonyl (C=O) groups is 1. The van der Waals surface area contributed by atoms with Crippen LogP contribution in [0.2, 0.25) is 0 Å². The van der Waals surface area contributed by atoms with Crippen molar-refractivity contribution in [3.8, 4) is 0 Å². The lowest BCUT2D eigenvalue weighted by atomic mass is 9.95. The van der Waals surface area contributed by atoms with Gasteiger partial charge in [0.15, 0.2) is 5.78 Å². The van der Waals surface area contributed by atoms with Crippen LogP contribution >= 0.6 is 0 Å². The van der Waals surface area contributed by atoms with E-state index in [4.69, 9.17) is 5.73 Å². The zero-order chi connectivity index (χ0) is 17.1. The molecule has 0 amide bonds. The van der Waals surface area contributed by atoms with Crippen molar-refractivity contribution < 1.29 is 30.3 Å². The van der Waals surface area contributed by atoms with Crippen LogP contribution in [0.15, 0.2) is 0 Å².